The second kappa shape index (κ2) is 11.0. The molecule has 0 aliphatic carbocycles. The number of halogens is 2. The third-order valence-electron chi connectivity index (χ3n) is 7.29. The number of aliphatic hydroxyl groups excluding tert-OH is 1. The van der Waals surface area contributed by atoms with E-state index in [1.165, 1.54) is 24.3 Å². The molecule has 0 amide bonds. The van der Waals surface area contributed by atoms with Gasteiger partial charge in [-0.1, -0.05) is 57.2 Å². The normalized spacial score (nSPS) is 16.3. The van der Waals surface area contributed by atoms with Gasteiger partial charge in [0.2, 0.25) is 0 Å². The maximum atomic E-state index is 13.7. The van der Waals surface area contributed by atoms with Crippen LogP contribution in [-0.4, -0.2) is 16.7 Å². The maximum absolute atomic E-state index is 13.7. The fraction of sp³-hybridized carbons (Fsp3) is 0.344. The van der Waals surface area contributed by atoms with Crippen LogP contribution in [0.3, 0.4) is 0 Å². The molecule has 4 rings (SSSR count). The Kier molecular flexibility index (Phi) is 7.91. The molecule has 0 spiro atoms. The van der Waals surface area contributed by atoms with Crippen molar-refractivity contribution in [3.63, 3.8) is 0 Å². The smallest absolute Gasteiger partial charge is 0.338 e. The summed E-state index contributed by atoms with van der Waals surface area (Å²) in [7, 11) is 0. The van der Waals surface area contributed by atoms with Crippen LogP contribution in [0.5, 0.6) is 0 Å². The zero-order valence-electron chi connectivity index (χ0n) is 22.1. The Morgan fingerprint density at radius 3 is 1.89 bits per heavy atom. The van der Waals surface area contributed by atoms with Gasteiger partial charge in [-0.3, -0.25) is 0 Å². The van der Waals surface area contributed by atoms with E-state index in [0.29, 0.717) is 31.4 Å². The lowest BCUT2D eigenvalue weighted by molar-refractivity contribution is -0.161. The second-order valence-electron chi connectivity index (χ2n) is 11.3. The van der Waals surface area contributed by atoms with E-state index in [-0.39, 0.29) is 29.4 Å². The first kappa shape index (κ1) is 27.4. The number of aryl methyl sites for hydroxylation is 2. The molecule has 0 saturated carbocycles. The van der Waals surface area contributed by atoms with Gasteiger partial charge in [0.05, 0.1) is 5.57 Å². The van der Waals surface area contributed by atoms with Crippen molar-refractivity contribution in [1.29, 1.82) is 0 Å². The fourth-order valence-corrected chi connectivity index (χ4v) is 5.38. The Hall–Kier alpha value is -3.67. The molecule has 38 heavy (non-hydrogen) atoms. The summed E-state index contributed by atoms with van der Waals surface area (Å²) in [6.07, 6.45) is 2.13. The van der Waals surface area contributed by atoms with Crippen molar-refractivity contribution in [2.75, 3.05) is 5.73 Å². The van der Waals surface area contributed by atoms with Gasteiger partial charge in [0.15, 0.2) is 0 Å². The van der Waals surface area contributed by atoms with Crippen LogP contribution < -0.4 is 5.73 Å². The lowest BCUT2D eigenvalue weighted by Gasteiger charge is -2.41. The number of anilines is 1. The highest BCUT2D eigenvalue weighted by Gasteiger charge is 2.46. The maximum Gasteiger partial charge on any atom is 0.338 e. The largest absolute Gasteiger partial charge is 0.512 e. The van der Waals surface area contributed by atoms with Gasteiger partial charge in [-0.05, 0) is 84.2 Å². The molecular weight excluding hydrogens is 484 g/mol. The lowest BCUT2D eigenvalue weighted by atomic mass is 9.70. The van der Waals surface area contributed by atoms with Crippen molar-refractivity contribution in [3.8, 4) is 0 Å². The van der Waals surface area contributed by atoms with Gasteiger partial charge < -0.3 is 15.6 Å². The number of carbonyl (C=O) groups excluding carboxylic acids is 1. The Balaban J connectivity index is 1.68. The van der Waals surface area contributed by atoms with E-state index in [1.807, 2.05) is 39.0 Å². The summed E-state index contributed by atoms with van der Waals surface area (Å²) in [4.78, 5) is 13.7. The number of nitrogen functional groups attached to an aromatic ring is 1. The summed E-state index contributed by atoms with van der Waals surface area (Å²) in [5.74, 6) is -1.59. The number of benzene rings is 3. The second-order valence-corrected chi connectivity index (χ2v) is 11.3. The van der Waals surface area contributed by atoms with Gasteiger partial charge in [0.25, 0.3) is 0 Å². The summed E-state index contributed by atoms with van der Waals surface area (Å²) in [6, 6.07) is 19.8. The topological polar surface area (TPSA) is 72.5 Å². The van der Waals surface area contributed by atoms with Crippen LogP contribution >= 0.6 is 0 Å². The summed E-state index contributed by atoms with van der Waals surface area (Å²) in [6.45, 7) is 6.04. The highest BCUT2D eigenvalue weighted by atomic mass is 19.1. The molecular formula is C32H35F2NO3. The third-order valence-corrected chi connectivity index (χ3v) is 7.29. The lowest BCUT2D eigenvalue weighted by Crippen LogP contribution is -2.43. The van der Waals surface area contributed by atoms with Gasteiger partial charge in [-0.2, -0.15) is 0 Å². The van der Waals surface area contributed by atoms with Gasteiger partial charge in [-0.25, -0.2) is 13.6 Å². The van der Waals surface area contributed by atoms with E-state index in [2.05, 4.69) is 0 Å². The standard InChI is InChI=1S/C32H35F2NO3/c1-31(2,3)29(23-5-4-6-26(35)19-23)28-27(36)20-32(38-30(28)37,17-15-21-7-11-24(33)12-8-21)18-16-22-9-13-25(34)14-10-22/h4-14,19,29,36H,15-18,20,35H2,1-3H3. The molecule has 200 valence electrons. The fourth-order valence-electron chi connectivity index (χ4n) is 5.38. The van der Waals surface area contributed by atoms with Gasteiger partial charge in [0, 0.05) is 18.0 Å². The zero-order chi connectivity index (χ0) is 27.5. The van der Waals surface area contributed by atoms with Crippen molar-refractivity contribution < 1.29 is 23.4 Å². The SMILES string of the molecule is CC(C)(C)C(C1=C(O)CC(CCc2ccc(F)cc2)(CCc2ccc(F)cc2)OC1=O)c1cccc(N)c1. The molecule has 0 radical (unpaired) electrons. The minimum absolute atomic E-state index is 0.0156. The summed E-state index contributed by atoms with van der Waals surface area (Å²) < 4.78 is 33.1. The number of hydrogen-bond acceptors (Lipinski definition) is 4. The molecule has 4 nitrogen and oxygen atoms in total. The molecule has 3 N–H and O–H groups in total. The Labute approximate surface area is 223 Å². The molecule has 1 heterocycles. The molecule has 6 heteroatoms. The quantitative estimate of drug-likeness (QED) is 0.240. The number of ether oxygens (including phenoxy) is 1. The molecule has 0 fully saturated rings. The van der Waals surface area contributed by atoms with Crippen molar-refractivity contribution >= 4 is 11.7 Å². The molecule has 3 aromatic rings. The minimum atomic E-state index is -0.967. The highest BCUT2D eigenvalue weighted by molar-refractivity contribution is 5.92. The number of cyclic esters (lactones) is 1. The number of hydrogen-bond donors (Lipinski definition) is 2. The van der Waals surface area contributed by atoms with Crippen molar-refractivity contribution in [2.24, 2.45) is 5.41 Å². The van der Waals surface area contributed by atoms with Crippen LogP contribution in [0, 0.1) is 17.0 Å². The van der Waals surface area contributed by atoms with Crippen molar-refractivity contribution in [2.45, 2.75) is 64.4 Å². The molecule has 1 unspecified atom stereocenters. The first-order valence-electron chi connectivity index (χ1n) is 13.0. The van der Waals surface area contributed by atoms with E-state index in [4.69, 9.17) is 10.5 Å². The summed E-state index contributed by atoms with van der Waals surface area (Å²) in [5.41, 5.74) is 8.16. The van der Waals surface area contributed by atoms with Gasteiger partial charge in [-0.15, -0.1) is 0 Å². The molecule has 1 atom stereocenters. The van der Waals surface area contributed by atoms with Crippen molar-refractivity contribution in [3.05, 3.63) is 112 Å². The molecule has 0 bridgehead atoms. The highest BCUT2D eigenvalue weighted by Crippen LogP contribution is 2.47. The summed E-state index contributed by atoms with van der Waals surface area (Å²) in [5, 5.41) is 11.5. The first-order chi connectivity index (χ1) is 18.0. The Bertz CT molecular complexity index is 1260. The first-order valence-corrected chi connectivity index (χ1v) is 13.0. The Morgan fingerprint density at radius 2 is 1.45 bits per heavy atom. The Morgan fingerprint density at radius 1 is 0.921 bits per heavy atom. The average molecular weight is 520 g/mol. The number of carbonyl (C=O) groups is 1. The van der Waals surface area contributed by atoms with E-state index in [1.54, 1.807) is 30.3 Å². The number of aliphatic hydroxyl groups is 1. The average Bonchev–Trinajstić information content (AvgIpc) is 2.85. The zero-order valence-corrected chi connectivity index (χ0v) is 22.1. The molecule has 1 aliphatic heterocycles. The number of rotatable bonds is 8. The van der Waals surface area contributed by atoms with E-state index < -0.39 is 22.9 Å². The van der Waals surface area contributed by atoms with E-state index >= 15 is 0 Å². The van der Waals surface area contributed by atoms with Crippen LogP contribution in [0.25, 0.3) is 0 Å². The predicted octanol–water partition coefficient (Wildman–Crippen LogP) is 7.44. The van der Waals surface area contributed by atoms with Gasteiger partial charge in [0.1, 0.15) is 23.0 Å². The number of esters is 1. The minimum Gasteiger partial charge on any atom is -0.512 e. The summed E-state index contributed by atoms with van der Waals surface area (Å²) >= 11 is 0. The van der Waals surface area contributed by atoms with E-state index in [0.717, 1.165) is 16.7 Å². The van der Waals surface area contributed by atoms with E-state index in [9.17, 15) is 18.7 Å². The predicted molar refractivity (Wildman–Crippen MR) is 146 cm³/mol. The van der Waals surface area contributed by atoms with Crippen molar-refractivity contribution in [1.82, 2.24) is 0 Å². The molecule has 1 aliphatic rings. The molecule has 0 saturated heterocycles. The van der Waals surface area contributed by atoms with Crippen LogP contribution in [-0.2, 0) is 22.4 Å². The third kappa shape index (κ3) is 6.42. The monoisotopic (exact) mass is 519 g/mol. The molecule has 0 aromatic heterocycles. The van der Waals surface area contributed by atoms with Crippen LogP contribution in [0.1, 0.15) is 62.6 Å². The van der Waals surface area contributed by atoms with Crippen LogP contribution in [0.15, 0.2) is 84.1 Å². The number of nitrogens with two attached hydrogens (primary N) is 1. The van der Waals surface area contributed by atoms with Crippen LogP contribution in [0.4, 0.5) is 14.5 Å². The molecule has 3 aromatic carbocycles. The van der Waals surface area contributed by atoms with Crippen LogP contribution in [0.2, 0.25) is 0 Å². The van der Waals surface area contributed by atoms with Gasteiger partial charge >= 0.3 is 5.97 Å².